The van der Waals surface area contributed by atoms with Gasteiger partial charge in [0.25, 0.3) is 0 Å². The van der Waals surface area contributed by atoms with Gasteiger partial charge >= 0.3 is 0 Å². The number of aliphatic hydroxyl groups excluding tert-OH is 1. The molecule has 1 atom stereocenters. The number of aromatic nitrogens is 3. The lowest BCUT2D eigenvalue weighted by molar-refractivity contribution is 0.0965. The van der Waals surface area contributed by atoms with Gasteiger partial charge in [0.15, 0.2) is 5.82 Å². The first-order valence-electron chi connectivity index (χ1n) is 8.39. The van der Waals surface area contributed by atoms with E-state index < -0.39 is 6.10 Å². The summed E-state index contributed by atoms with van der Waals surface area (Å²) in [6, 6.07) is 6.31. The van der Waals surface area contributed by atoms with E-state index in [2.05, 4.69) is 52.1 Å². The van der Waals surface area contributed by atoms with E-state index in [1.54, 1.807) is 0 Å². The fourth-order valence-electron chi connectivity index (χ4n) is 3.47. The number of aryl methyl sites for hydroxylation is 3. The summed E-state index contributed by atoms with van der Waals surface area (Å²) in [5.41, 5.74) is 3.43. The number of nitrogens with zero attached hydrogens (tertiary/aromatic N) is 3. The third-order valence-corrected chi connectivity index (χ3v) is 4.63. The van der Waals surface area contributed by atoms with Crippen LogP contribution in [0.1, 0.15) is 53.2 Å². The Hall–Kier alpha value is -1.72. The van der Waals surface area contributed by atoms with E-state index in [1.807, 2.05) is 6.92 Å². The monoisotopic (exact) mass is 314 g/mol. The Morgan fingerprint density at radius 2 is 1.83 bits per heavy atom. The number of nitrogens with one attached hydrogen (secondary N) is 1. The van der Waals surface area contributed by atoms with E-state index in [9.17, 15) is 5.11 Å². The van der Waals surface area contributed by atoms with E-state index in [4.69, 9.17) is 0 Å². The highest BCUT2D eigenvalue weighted by Crippen LogP contribution is 2.27. The van der Waals surface area contributed by atoms with Crippen LogP contribution in [0.3, 0.4) is 0 Å². The van der Waals surface area contributed by atoms with Gasteiger partial charge in [0.1, 0.15) is 5.82 Å². The second kappa shape index (κ2) is 6.81. The van der Waals surface area contributed by atoms with Crippen LogP contribution in [0.2, 0.25) is 0 Å². The smallest absolute Gasteiger partial charge is 0.153 e. The average molecular weight is 314 g/mol. The summed E-state index contributed by atoms with van der Waals surface area (Å²) in [5.74, 6) is 2.26. The van der Waals surface area contributed by atoms with Gasteiger partial charge < -0.3 is 10.0 Å². The van der Waals surface area contributed by atoms with Crippen molar-refractivity contribution in [3.63, 3.8) is 0 Å². The van der Waals surface area contributed by atoms with Crippen LogP contribution in [0.25, 0.3) is 0 Å². The number of hydrogen-bond donors (Lipinski definition) is 2. The SMILES string of the molecule is Cc1cc(C)cc(C(O)CN2CCC(c3n[nH]c(C)n3)CC2)c1. The van der Waals surface area contributed by atoms with E-state index in [-0.39, 0.29) is 0 Å². The molecule has 23 heavy (non-hydrogen) atoms. The molecule has 124 valence electrons. The number of aromatic amines is 1. The van der Waals surface area contributed by atoms with E-state index in [1.165, 1.54) is 11.1 Å². The molecule has 1 fully saturated rings. The molecule has 0 amide bonds. The number of piperidine rings is 1. The molecule has 1 aromatic carbocycles. The fraction of sp³-hybridized carbons (Fsp3) is 0.556. The second-order valence-corrected chi connectivity index (χ2v) is 6.79. The highest BCUT2D eigenvalue weighted by Gasteiger charge is 2.25. The minimum absolute atomic E-state index is 0.420. The zero-order chi connectivity index (χ0) is 16.4. The number of aliphatic hydroxyl groups is 1. The predicted molar refractivity (Wildman–Crippen MR) is 90.4 cm³/mol. The Morgan fingerprint density at radius 1 is 1.17 bits per heavy atom. The Morgan fingerprint density at radius 3 is 2.39 bits per heavy atom. The molecule has 1 aromatic heterocycles. The molecule has 1 aliphatic heterocycles. The van der Waals surface area contributed by atoms with Crippen molar-refractivity contribution in [2.24, 2.45) is 0 Å². The summed E-state index contributed by atoms with van der Waals surface area (Å²) in [4.78, 5) is 6.80. The van der Waals surface area contributed by atoms with E-state index in [0.29, 0.717) is 12.5 Å². The molecule has 0 radical (unpaired) electrons. The van der Waals surface area contributed by atoms with Gasteiger partial charge in [-0.2, -0.15) is 5.10 Å². The molecule has 2 N–H and O–H groups in total. The van der Waals surface area contributed by atoms with Crippen molar-refractivity contribution in [3.8, 4) is 0 Å². The van der Waals surface area contributed by atoms with Gasteiger partial charge in [0.2, 0.25) is 0 Å². The summed E-state index contributed by atoms with van der Waals surface area (Å²) in [7, 11) is 0. The van der Waals surface area contributed by atoms with Crippen LogP contribution in [0.15, 0.2) is 18.2 Å². The summed E-state index contributed by atoms with van der Waals surface area (Å²) in [6.07, 6.45) is 1.68. The van der Waals surface area contributed by atoms with Crippen LogP contribution in [0.5, 0.6) is 0 Å². The Labute approximate surface area is 137 Å². The molecule has 1 aliphatic rings. The number of H-pyrrole nitrogens is 1. The topological polar surface area (TPSA) is 65.0 Å². The molecule has 3 rings (SSSR count). The lowest BCUT2D eigenvalue weighted by atomic mass is 9.95. The zero-order valence-electron chi connectivity index (χ0n) is 14.2. The van der Waals surface area contributed by atoms with Crippen molar-refractivity contribution in [3.05, 3.63) is 46.5 Å². The Balaban J connectivity index is 1.56. The number of β-amino-alcohol motifs (C(OH)–C–C–N with tert-alkyl or cyclic N) is 1. The molecule has 0 spiro atoms. The highest BCUT2D eigenvalue weighted by atomic mass is 16.3. The van der Waals surface area contributed by atoms with Gasteiger partial charge in [-0.25, -0.2) is 4.98 Å². The van der Waals surface area contributed by atoms with Crippen molar-refractivity contribution < 1.29 is 5.11 Å². The summed E-state index contributed by atoms with van der Waals surface area (Å²) in [5, 5.41) is 17.8. The zero-order valence-corrected chi connectivity index (χ0v) is 14.2. The first-order valence-corrected chi connectivity index (χ1v) is 8.39. The van der Waals surface area contributed by atoms with Crippen molar-refractivity contribution in [2.45, 2.75) is 45.6 Å². The van der Waals surface area contributed by atoms with Crippen molar-refractivity contribution in [1.82, 2.24) is 20.1 Å². The normalized spacial score (nSPS) is 18.3. The van der Waals surface area contributed by atoms with Gasteiger partial charge in [0, 0.05) is 12.5 Å². The van der Waals surface area contributed by atoms with Crippen LogP contribution in [0.4, 0.5) is 0 Å². The van der Waals surface area contributed by atoms with Gasteiger partial charge in [0.05, 0.1) is 6.10 Å². The number of benzene rings is 1. The fourth-order valence-corrected chi connectivity index (χ4v) is 3.47. The third kappa shape index (κ3) is 3.98. The molecule has 0 saturated carbocycles. The summed E-state index contributed by atoms with van der Waals surface area (Å²) < 4.78 is 0. The lowest BCUT2D eigenvalue weighted by Crippen LogP contribution is -2.36. The van der Waals surface area contributed by atoms with E-state index >= 15 is 0 Å². The van der Waals surface area contributed by atoms with Crippen molar-refractivity contribution in [2.75, 3.05) is 19.6 Å². The minimum Gasteiger partial charge on any atom is -0.387 e. The average Bonchev–Trinajstić information content (AvgIpc) is 2.93. The lowest BCUT2D eigenvalue weighted by Gasteiger charge is -2.32. The van der Waals surface area contributed by atoms with Crippen LogP contribution in [0, 0.1) is 20.8 Å². The second-order valence-electron chi connectivity index (χ2n) is 6.79. The molecule has 5 heteroatoms. The van der Waals surface area contributed by atoms with Crippen LogP contribution in [-0.2, 0) is 0 Å². The molecule has 2 heterocycles. The van der Waals surface area contributed by atoms with Gasteiger partial charge in [-0.05, 0) is 52.3 Å². The predicted octanol–water partition coefficient (Wildman–Crippen LogP) is 2.64. The molecule has 5 nitrogen and oxygen atoms in total. The van der Waals surface area contributed by atoms with Gasteiger partial charge in [-0.1, -0.05) is 29.3 Å². The molecule has 1 saturated heterocycles. The van der Waals surface area contributed by atoms with Crippen LogP contribution in [-0.4, -0.2) is 44.8 Å². The maximum atomic E-state index is 10.5. The quantitative estimate of drug-likeness (QED) is 0.910. The van der Waals surface area contributed by atoms with Gasteiger partial charge in [-0.15, -0.1) is 0 Å². The first kappa shape index (κ1) is 16.1. The maximum Gasteiger partial charge on any atom is 0.153 e. The Bertz CT molecular complexity index is 639. The first-order chi connectivity index (χ1) is 11.0. The van der Waals surface area contributed by atoms with Crippen molar-refractivity contribution in [1.29, 1.82) is 0 Å². The maximum absolute atomic E-state index is 10.5. The summed E-state index contributed by atoms with van der Waals surface area (Å²) >= 11 is 0. The number of likely N-dealkylation sites (tertiary alicyclic amines) is 1. The van der Waals surface area contributed by atoms with Crippen LogP contribution >= 0.6 is 0 Å². The van der Waals surface area contributed by atoms with E-state index in [0.717, 1.165) is 43.1 Å². The van der Waals surface area contributed by atoms with Crippen LogP contribution < -0.4 is 0 Å². The molecular weight excluding hydrogens is 288 g/mol. The molecule has 0 aliphatic carbocycles. The summed E-state index contributed by atoms with van der Waals surface area (Å²) in [6.45, 7) is 8.76. The minimum atomic E-state index is -0.420. The largest absolute Gasteiger partial charge is 0.387 e. The molecular formula is C18H26N4O. The van der Waals surface area contributed by atoms with Gasteiger partial charge in [-0.3, -0.25) is 5.10 Å². The molecule has 1 unspecified atom stereocenters. The molecule has 2 aromatic rings. The highest BCUT2D eigenvalue weighted by molar-refractivity contribution is 5.30. The standard InChI is InChI=1S/C18H26N4O/c1-12-8-13(2)10-16(9-12)17(23)11-22-6-4-15(5-7-22)18-19-14(3)20-21-18/h8-10,15,17,23H,4-7,11H2,1-3H3,(H,19,20,21). The third-order valence-electron chi connectivity index (χ3n) is 4.63. The molecule has 0 bridgehead atoms. The number of hydrogen-bond acceptors (Lipinski definition) is 4. The number of rotatable bonds is 4. The van der Waals surface area contributed by atoms with Crippen molar-refractivity contribution >= 4 is 0 Å². The Kier molecular flexibility index (Phi) is 4.78.